The van der Waals surface area contributed by atoms with Gasteiger partial charge in [0.15, 0.2) is 5.78 Å². The lowest BCUT2D eigenvalue weighted by molar-refractivity contribution is -0.141. The molecule has 28 heavy (non-hydrogen) atoms. The fourth-order valence-electron chi connectivity index (χ4n) is 2.86. The summed E-state index contributed by atoms with van der Waals surface area (Å²) in [6.45, 7) is 9.96. The van der Waals surface area contributed by atoms with E-state index in [9.17, 15) is 19.8 Å². The van der Waals surface area contributed by atoms with Gasteiger partial charge in [-0.25, -0.2) is 4.79 Å². The SMILES string of the molecule is CC[C@H](OC(=O)OCc1ccccc1)C(C)(C)C(=O)[C@H](O)/C(C)=C(\C)[C@H](C)O. The van der Waals surface area contributed by atoms with E-state index in [1.807, 2.05) is 30.3 Å². The van der Waals surface area contributed by atoms with Crippen molar-refractivity contribution in [3.8, 4) is 0 Å². The third-order valence-corrected chi connectivity index (χ3v) is 5.16. The minimum Gasteiger partial charge on any atom is -0.430 e. The van der Waals surface area contributed by atoms with E-state index in [4.69, 9.17) is 9.47 Å². The topological polar surface area (TPSA) is 93.1 Å². The molecule has 0 aliphatic heterocycles. The van der Waals surface area contributed by atoms with Crippen molar-refractivity contribution in [2.45, 2.75) is 72.9 Å². The lowest BCUT2D eigenvalue weighted by Crippen LogP contribution is -2.45. The quantitative estimate of drug-likeness (QED) is 0.491. The zero-order chi connectivity index (χ0) is 21.5. The normalized spacial score (nSPS) is 15.9. The highest BCUT2D eigenvalue weighted by Crippen LogP contribution is 2.31. The monoisotopic (exact) mass is 392 g/mol. The van der Waals surface area contributed by atoms with Crippen molar-refractivity contribution in [2.75, 3.05) is 0 Å². The summed E-state index contributed by atoms with van der Waals surface area (Å²) in [5, 5.41) is 20.2. The zero-order valence-corrected chi connectivity index (χ0v) is 17.6. The Morgan fingerprint density at radius 3 is 2.14 bits per heavy atom. The minimum absolute atomic E-state index is 0.0720. The molecular formula is C22H32O6. The highest BCUT2D eigenvalue weighted by molar-refractivity contribution is 5.91. The molecule has 1 aromatic rings. The predicted octanol–water partition coefficient (Wildman–Crippen LogP) is 3.79. The maximum absolute atomic E-state index is 12.9. The molecule has 0 bridgehead atoms. The number of benzene rings is 1. The summed E-state index contributed by atoms with van der Waals surface area (Å²) in [5.41, 5.74) is 0.621. The van der Waals surface area contributed by atoms with Crippen molar-refractivity contribution < 1.29 is 29.3 Å². The molecule has 0 fully saturated rings. The molecule has 1 rings (SSSR count). The molecule has 0 spiro atoms. The molecule has 6 nitrogen and oxygen atoms in total. The van der Waals surface area contributed by atoms with E-state index in [0.717, 1.165) is 5.56 Å². The van der Waals surface area contributed by atoms with Gasteiger partial charge in [0.2, 0.25) is 0 Å². The van der Waals surface area contributed by atoms with Crippen LogP contribution in [0.3, 0.4) is 0 Å². The summed E-state index contributed by atoms with van der Waals surface area (Å²) >= 11 is 0. The zero-order valence-electron chi connectivity index (χ0n) is 17.6. The maximum atomic E-state index is 12.9. The molecule has 0 aliphatic carbocycles. The molecule has 0 saturated heterocycles. The van der Waals surface area contributed by atoms with Crippen molar-refractivity contribution in [1.29, 1.82) is 0 Å². The number of carbonyl (C=O) groups is 2. The summed E-state index contributed by atoms with van der Waals surface area (Å²) < 4.78 is 10.5. The number of aliphatic hydroxyl groups is 2. The van der Waals surface area contributed by atoms with Gasteiger partial charge < -0.3 is 19.7 Å². The number of Topliss-reactive ketones (excluding diaryl/α,β-unsaturated/α-hetero) is 1. The Bertz CT molecular complexity index is 690. The van der Waals surface area contributed by atoms with E-state index >= 15 is 0 Å². The molecule has 0 saturated carbocycles. The Morgan fingerprint density at radius 2 is 1.64 bits per heavy atom. The van der Waals surface area contributed by atoms with Crippen LogP contribution in [0.1, 0.15) is 53.5 Å². The Kier molecular flexibility index (Phi) is 8.85. The van der Waals surface area contributed by atoms with Crippen LogP contribution in [0.4, 0.5) is 4.79 Å². The first-order valence-corrected chi connectivity index (χ1v) is 9.47. The number of ketones is 1. The number of carbonyl (C=O) groups excluding carboxylic acids is 2. The van der Waals surface area contributed by atoms with Gasteiger partial charge in [0, 0.05) is 0 Å². The molecule has 156 valence electrons. The van der Waals surface area contributed by atoms with Gasteiger partial charge >= 0.3 is 6.16 Å². The molecule has 3 atom stereocenters. The molecule has 0 unspecified atom stereocenters. The van der Waals surface area contributed by atoms with E-state index in [2.05, 4.69) is 0 Å². The summed E-state index contributed by atoms with van der Waals surface area (Å²) in [6.07, 6.45) is -3.40. The second kappa shape index (κ2) is 10.4. The smallest absolute Gasteiger partial charge is 0.430 e. The fraction of sp³-hybridized carbons (Fsp3) is 0.545. The van der Waals surface area contributed by atoms with Crippen LogP contribution in [-0.4, -0.2) is 40.5 Å². The van der Waals surface area contributed by atoms with Gasteiger partial charge in [-0.05, 0) is 57.7 Å². The largest absolute Gasteiger partial charge is 0.508 e. The van der Waals surface area contributed by atoms with Gasteiger partial charge in [0.05, 0.1) is 11.5 Å². The third-order valence-electron chi connectivity index (χ3n) is 5.16. The molecule has 6 heteroatoms. The van der Waals surface area contributed by atoms with Crippen molar-refractivity contribution in [3.05, 3.63) is 47.0 Å². The van der Waals surface area contributed by atoms with Crippen LogP contribution in [0.25, 0.3) is 0 Å². The number of hydrogen-bond acceptors (Lipinski definition) is 6. The Labute approximate surface area is 167 Å². The van der Waals surface area contributed by atoms with Crippen LogP contribution in [0.5, 0.6) is 0 Å². The summed E-state index contributed by atoms with van der Waals surface area (Å²) in [5.74, 6) is -0.479. The lowest BCUT2D eigenvalue weighted by Gasteiger charge is -2.33. The highest BCUT2D eigenvalue weighted by Gasteiger charge is 2.42. The molecule has 0 aromatic heterocycles. The van der Waals surface area contributed by atoms with Gasteiger partial charge in [-0.2, -0.15) is 0 Å². The first-order chi connectivity index (χ1) is 13.0. The standard InChI is InChI=1S/C22H32O6/c1-7-18(28-21(26)27-13-17-11-9-8-10-12-17)22(5,6)20(25)19(24)15(3)14(2)16(4)23/h8-12,16,18-19,23-24H,7,13H2,1-6H3/b15-14+/t16-,18-,19+/m0/s1. The first-order valence-electron chi connectivity index (χ1n) is 9.47. The van der Waals surface area contributed by atoms with E-state index in [0.29, 0.717) is 17.6 Å². The van der Waals surface area contributed by atoms with Crippen LogP contribution >= 0.6 is 0 Å². The van der Waals surface area contributed by atoms with E-state index < -0.39 is 35.7 Å². The molecule has 1 aromatic carbocycles. The van der Waals surface area contributed by atoms with Crippen LogP contribution in [0.2, 0.25) is 0 Å². The van der Waals surface area contributed by atoms with Gasteiger partial charge in [0.25, 0.3) is 0 Å². The second-order valence-electron chi connectivity index (χ2n) is 7.57. The van der Waals surface area contributed by atoms with Crippen molar-refractivity contribution >= 4 is 11.9 Å². The van der Waals surface area contributed by atoms with Crippen LogP contribution in [0, 0.1) is 5.41 Å². The number of rotatable bonds is 9. The molecular weight excluding hydrogens is 360 g/mol. The molecule has 0 radical (unpaired) electrons. The van der Waals surface area contributed by atoms with Crippen molar-refractivity contribution in [2.24, 2.45) is 5.41 Å². The van der Waals surface area contributed by atoms with Crippen molar-refractivity contribution in [1.82, 2.24) is 0 Å². The Hall–Kier alpha value is -2.18. The minimum atomic E-state index is -1.39. The first kappa shape index (κ1) is 23.9. The van der Waals surface area contributed by atoms with Crippen molar-refractivity contribution in [3.63, 3.8) is 0 Å². The molecule has 0 heterocycles. The number of ether oxygens (including phenoxy) is 2. The average Bonchev–Trinajstić information content (AvgIpc) is 2.68. The molecule has 2 N–H and O–H groups in total. The predicted molar refractivity (Wildman–Crippen MR) is 107 cm³/mol. The van der Waals surface area contributed by atoms with Gasteiger partial charge in [-0.15, -0.1) is 0 Å². The van der Waals surface area contributed by atoms with Crippen LogP contribution in [-0.2, 0) is 20.9 Å². The summed E-state index contributed by atoms with van der Waals surface area (Å²) in [6, 6.07) is 9.20. The lowest BCUT2D eigenvalue weighted by atomic mass is 9.77. The summed E-state index contributed by atoms with van der Waals surface area (Å²) in [4.78, 5) is 25.0. The second-order valence-corrected chi connectivity index (χ2v) is 7.57. The fourth-order valence-corrected chi connectivity index (χ4v) is 2.86. The number of hydrogen-bond donors (Lipinski definition) is 2. The van der Waals surface area contributed by atoms with Crippen LogP contribution in [0.15, 0.2) is 41.5 Å². The van der Waals surface area contributed by atoms with Gasteiger partial charge in [-0.3, -0.25) is 4.79 Å². The number of aliphatic hydroxyl groups excluding tert-OH is 2. The van der Waals surface area contributed by atoms with E-state index in [1.165, 1.54) is 0 Å². The Morgan fingerprint density at radius 1 is 1.07 bits per heavy atom. The summed E-state index contributed by atoms with van der Waals surface area (Å²) in [7, 11) is 0. The molecule has 0 aliphatic rings. The average molecular weight is 392 g/mol. The van der Waals surface area contributed by atoms with E-state index in [-0.39, 0.29) is 6.61 Å². The molecule has 0 amide bonds. The van der Waals surface area contributed by atoms with Gasteiger partial charge in [-0.1, -0.05) is 37.3 Å². The third kappa shape index (κ3) is 6.17. The Balaban J connectivity index is 2.83. The maximum Gasteiger partial charge on any atom is 0.508 e. The van der Waals surface area contributed by atoms with Gasteiger partial charge in [0.1, 0.15) is 18.8 Å². The van der Waals surface area contributed by atoms with Crippen LogP contribution < -0.4 is 0 Å². The van der Waals surface area contributed by atoms with E-state index in [1.54, 1.807) is 41.5 Å². The highest BCUT2D eigenvalue weighted by atomic mass is 16.7.